The van der Waals surface area contributed by atoms with E-state index in [9.17, 15) is 8.78 Å². The lowest BCUT2D eigenvalue weighted by Crippen LogP contribution is -2.10. The Balaban J connectivity index is 1.60. The number of halogens is 3. The van der Waals surface area contributed by atoms with Crippen LogP contribution in [0.2, 0.25) is 5.15 Å². The maximum atomic E-state index is 14.5. The van der Waals surface area contributed by atoms with E-state index in [1.165, 1.54) is 62.2 Å². The molecule has 3 aromatic rings. The van der Waals surface area contributed by atoms with Crippen molar-refractivity contribution in [2.45, 2.75) is 71.1 Å². The van der Waals surface area contributed by atoms with Crippen molar-refractivity contribution in [2.24, 2.45) is 0 Å². The van der Waals surface area contributed by atoms with Crippen LogP contribution in [0.4, 0.5) is 14.6 Å². The first-order valence-corrected chi connectivity index (χ1v) is 11.6. The van der Waals surface area contributed by atoms with Gasteiger partial charge in [-0.05, 0) is 24.6 Å². The van der Waals surface area contributed by atoms with Gasteiger partial charge in [0.25, 0.3) is 5.78 Å². The molecule has 2 aromatic heterocycles. The van der Waals surface area contributed by atoms with Crippen molar-refractivity contribution < 1.29 is 8.78 Å². The Morgan fingerprint density at radius 2 is 1.65 bits per heavy atom. The summed E-state index contributed by atoms with van der Waals surface area (Å²) in [7, 11) is 0. The molecule has 0 bridgehead atoms. The topological polar surface area (TPSA) is 55.1 Å². The van der Waals surface area contributed by atoms with Gasteiger partial charge in [0.05, 0.1) is 5.56 Å². The summed E-state index contributed by atoms with van der Waals surface area (Å²) in [4.78, 5) is 8.24. The Labute approximate surface area is 187 Å². The van der Waals surface area contributed by atoms with Gasteiger partial charge in [0, 0.05) is 12.1 Å². The van der Waals surface area contributed by atoms with Crippen molar-refractivity contribution >= 4 is 23.2 Å². The fraction of sp³-hybridized carbons (Fsp3) is 0.522. The molecular formula is C23H30ClF2N5. The van der Waals surface area contributed by atoms with Crippen LogP contribution >= 0.6 is 11.6 Å². The summed E-state index contributed by atoms with van der Waals surface area (Å²) in [5.74, 6) is -0.359. The molecule has 2 heterocycles. The summed E-state index contributed by atoms with van der Waals surface area (Å²) >= 11 is 6.35. The fourth-order valence-electron chi connectivity index (χ4n) is 3.73. The van der Waals surface area contributed by atoms with Crippen LogP contribution in [0.15, 0.2) is 24.5 Å². The van der Waals surface area contributed by atoms with E-state index in [4.69, 9.17) is 11.6 Å². The third-order valence-electron chi connectivity index (χ3n) is 5.40. The van der Waals surface area contributed by atoms with Crippen molar-refractivity contribution in [2.75, 3.05) is 11.9 Å². The third kappa shape index (κ3) is 6.35. The maximum Gasteiger partial charge on any atom is 0.255 e. The Morgan fingerprint density at radius 1 is 0.968 bits per heavy atom. The molecule has 0 saturated carbocycles. The van der Waals surface area contributed by atoms with Crippen LogP contribution in [-0.2, 0) is 0 Å². The molecule has 8 heteroatoms. The van der Waals surface area contributed by atoms with E-state index in [0.717, 1.165) is 31.0 Å². The lowest BCUT2D eigenvalue weighted by molar-refractivity contribution is 0.559. The van der Waals surface area contributed by atoms with Gasteiger partial charge < -0.3 is 5.32 Å². The molecule has 3 rings (SSSR count). The van der Waals surface area contributed by atoms with Crippen LogP contribution < -0.4 is 5.32 Å². The van der Waals surface area contributed by atoms with E-state index in [2.05, 4.69) is 27.3 Å². The number of hydrogen-bond acceptors (Lipinski definition) is 4. The smallest absolute Gasteiger partial charge is 0.255 e. The van der Waals surface area contributed by atoms with Crippen LogP contribution in [0, 0.1) is 11.6 Å². The average molecular weight is 450 g/mol. The number of nitrogens with one attached hydrogen (secondary N) is 1. The number of nitrogens with zero attached hydrogens (tertiary/aromatic N) is 4. The van der Waals surface area contributed by atoms with Gasteiger partial charge in [-0.2, -0.15) is 19.6 Å². The second kappa shape index (κ2) is 11.9. The van der Waals surface area contributed by atoms with E-state index in [1.54, 1.807) is 0 Å². The molecule has 0 saturated heterocycles. The van der Waals surface area contributed by atoms with E-state index >= 15 is 0 Å². The Kier molecular flexibility index (Phi) is 9.00. The van der Waals surface area contributed by atoms with Crippen molar-refractivity contribution in [1.29, 1.82) is 0 Å². The zero-order valence-corrected chi connectivity index (χ0v) is 18.8. The highest BCUT2D eigenvalue weighted by molar-refractivity contribution is 6.33. The molecule has 0 radical (unpaired) electrons. The summed E-state index contributed by atoms with van der Waals surface area (Å²) in [6.45, 7) is 2.90. The van der Waals surface area contributed by atoms with Crippen molar-refractivity contribution in [1.82, 2.24) is 19.6 Å². The van der Waals surface area contributed by atoms with Gasteiger partial charge in [-0.15, -0.1) is 0 Å². The lowest BCUT2D eigenvalue weighted by Gasteiger charge is -2.15. The number of fused-ring (bicyclic) bond motifs is 1. The standard InChI is InChI=1S/C23H30ClF2N5/c1-2-3-4-5-6-7-8-9-10-11-14-27-22-20(18-15-17(25)12-13-19(18)26)21(24)30-23-28-16-29-31(22)23/h12-13,15-16,27H,2-11,14H2,1H3. The average Bonchev–Trinajstić information content (AvgIpc) is 3.22. The second-order valence-corrected chi connectivity index (χ2v) is 8.19. The molecule has 0 fully saturated rings. The first-order valence-electron chi connectivity index (χ1n) is 11.2. The highest BCUT2D eigenvalue weighted by Crippen LogP contribution is 2.36. The molecule has 0 aliphatic heterocycles. The Bertz CT molecular complexity index is 976. The first kappa shape index (κ1) is 23.4. The number of rotatable bonds is 13. The molecule has 0 unspecified atom stereocenters. The van der Waals surface area contributed by atoms with Crippen LogP contribution in [0.1, 0.15) is 71.1 Å². The van der Waals surface area contributed by atoms with Crippen molar-refractivity contribution in [3.8, 4) is 11.1 Å². The van der Waals surface area contributed by atoms with Crippen LogP contribution in [0.5, 0.6) is 0 Å². The van der Waals surface area contributed by atoms with E-state index in [0.29, 0.717) is 18.1 Å². The predicted molar refractivity (Wildman–Crippen MR) is 121 cm³/mol. The van der Waals surface area contributed by atoms with Crippen LogP contribution in [0.3, 0.4) is 0 Å². The van der Waals surface area contributed by atoms with E-state index in [1.807, 2.05) is 0 Å². The summed E-state index contributed by atoms with van der Waals surface area (Å²) < 4.78 is 29.8. The second-order valence-electron chi connectivity index (χ2n) is 7.83. The third-order valence-corrected chi connectivity index (χ3v) is 5.68. The van der Waals surface area contributed by atoms with Gasteiger partial charge in [-0.3, -0.25) is 0 Å². The number of benzene rings is 1. The van der Waals surface area contributed by atoms with Gasteiger partial charge in [-0.25, -0.2) is 8.78 Å². The first-order chi connectivity index (χ1) is 15.1. The molecule has 0 aliphatic carbocycles. The SMILES string of the molecule is CCCCCCCCCCCCNc1c(-c2cc(F)ccc2F)c(Cl)nc2ncnn12. The highest BCUT2D eigenvalue weighted by Gasteiger charge is 2.20. The molecule has 0 atom stereocenters. The number of anilines is 1. The summed E-state index contributed by atoms with van der Waals surface area (Å²) in [5.41, 5.74) is 0.323. The largest absolute Gasteiger partial charge is 0.369 e. The summed E-state index contributed by atoms with van der Waals surface area (Å²) in [6.07, 6.45) is 13.8. The fourth-order valence-corrected chi connectivity index (χ4v) is 3.99. The van der Waals surface area contributed by atoms with Crippen molar-refractivity contribution in [3.63, 3.8) is 0 Å². The lowest BCUT2D eigenvalue weighted by atomic mass is 10.1. The summed E-state index contributed by atoms with van der Waals surface area (Å²) in [5, 5.41) is 7.53. The normalized spacial score (nSPS) is 11.4. The molecule has 1 aromatic carbocycles. The minimum Gasteiger partial charge on any atom is -0.369 e. The van der Waals surface area contributed by atoms with Gasteiger partial charge >= 0.3 is 0 Å². The molecular weight excluding hydrogens is 420 g/mol. The van der Waals surface area contributed by atoms with Gasteiger partial charge in [0.15, 0.2) is 0 Å². The number of unbranched alkanes of at least 4 members (excludes halogenated alkanes) is 9. The monoisotopic (exact) mass is 449 g/mol. The Morgan fingerprint density at radius 3 is 2.35 bits per heavy atom. The minimum atomic E-state index is -0.577. The zero-order valence-electron chi connectivity index (χ0n) is 18.0. The highest BCUT2D eigenvalue weighted by atomic mass is 35.5. The van der Waals surface area contributed by atoms with Gasteiger partial charge in [0.1, 0.15) is 28.9 Å². The van der Waals surface area contributed by atoms with Gasteiger partial charge in [0.2, 0.25) is 0 Å². The minimum absolute atomic E-state index is 0.0421. The molecule has 168 valence electrons. The molecule has 0 amide bonds. The van der Waals surface area contributed by atoms with Crippen LogP contribution in [-0.4, -0.2) is 26.1 Å². The number of hydrogen-bond donors (Lipinski definition) is 1. The molecule has 0 spiro atoms. The van der Waals surface area contributed by atoms with E-state index < -0.39 is 11.6 Å². The molecule has 0 aliphatic rings. The number of aromatic nitrogens is 4. The molecule has 1 N–H and O–H groups in total. The quantitative estimate of drug-likeness (QED) is 0.224. The predicted octanol–water partition coefficient (Wildman–Crippen LogP) is 7.06. The van der Waals surface area contributed by atoms with E-state index in [-0.39, 0.29) is 16.3 Å². The molecule has 31 heavy (non-hydrogen) atoms. The maximum absolute atomic E-state index is 14.5. The molecule has 5 nitrogen and oxygen atoms in total. The van der Waals surface area contributed by atoms with Gasteiger partial charge in [-0.1, -0.05) is 76.3 Å². The summed E-state index contributed by atoms with van der Waals surface area (Å²) in [6, 6.07) is 3.27. The van der Waals surface area contributed by atoms with Crippen molar-refractivity contribution in [3.05, 3.63) is 41.3 Å². The zero-order chi connectivity index (χ0) is 22.1. The van der Waals surface area contributed by atoms with Crippen LogP contribution in [0.25, 0.3) is 16.9 Å². The Hall–Kier alpha value is -2.28.